The number of rotatable bonds is 4. The van der Waals surface area contributed by atoms with Crippen LogP contribution in [-0.2, 0) is 5.75 Å². The van der Waals surface area contributed by atoms with Gasteiger partial charge in [-0.05, 0) is 12.1 Å². The van der Waals surface area contributed by atoms with Gasteiger partial charge in [0.2, 0.25) is 0 Å². The maximum Gasteiger partial charge on any atom is 0.255 e. The zero-order chi connectivity index (χ0) is 17.2. The van der Waals surface area contributed by atoms with Crippen molar-refractivity contribution < 1.29 is 9.90 Å². The number of fused-ring (bicyclic) bond motifs is 1. The van der Waals surface area contributed by atoms with Crippen LogP contribution in [0, 0.1) is 0 Å². The Hall–Kier alpha value is -1.83. The molecule has 1 atom stereocenters. The van der Waals surface area contributed by atoms with Crippen LogP contribution < -0.4 is 0 Å². The van der Waals surface area contributed by atoms with Crippen LogP contribution in [0.4, 0.5) is 0 Å². The van der Waals surface area contributed by atoms with Crippen LogP contribution in [-0.4, -0.2) is 69.7 Å². The summed E-state index contributed by atoms with van der Waals surface area (Å²) in [5.74, 6) is 0.975. The molecule has 0 spiro atoms. The SMILES string of the molecule is O=C(c1ccn2c1CSC2c1cccnc1)N1CCN(CCO)CC1. The quantitative estimate of drug-likeness (QED) is 0.896. The largest absolute Gasteiger partial charge is 0.395 e. The van der Waals surface area contributed by atoms with Gasteiger partial charge in [-0.3, -0.25) is 14.7 Å². The molecule has 0 radical (unpaired) electrons. The number of piperazine rings is 1. The zero-order valence-electron chi connectivity index (χ0n) is 14.0. The molecule has 2 aromatic rings. The highest BCUT2D eigenvalue weighted by Crippen LogP contribution is 2.42. The fraction of sp³-hybridized carbons (Fsp3) is 0.444. The molecule has 25 heavy (non-hydrogen) atoms. The van der Waals surface area contributed by atoms with Crippen LogP contribution in [0.15, 0.2) is 36.8 Å². The van der Waals surface area contributed by atoms with Crippen LogP contribution in [0.3, 0.4) is 0 Å². The first kappa shape index (κ1) is 16.6. The average Bonchev–Trinajstić information content (AvgIpc) is 3.25. The van der Waals surface area contributed by atoms with Gasteiger partial charge in [-0.25, -0.2) is 0 Å². The first-order valence-corrected chi connectivity index (χ1v) is 9.66. The Kier molecular flexibility index (Phi) is 4.78. The smallest absolute Gasteiger partial charge is 0.255 e. The van der Waals surface area contributed by atoms with Gasteiger partial charge < -0.3 is 14.6 Å². The van der Waals surface area contributed by atoms with E-state index in [1.165, 1.54) is 5.56 Å². The Morgan fingerprint density at radius 3 is 2.84 bits per heavy atom. The number of nitrogens with zero attached hydrogens (tertiary/aromatic N) is 4. The minimum absolute atomic E-state index is 0.129. The van der Waals surface area contributed by atoms with Crippen molar-refractivity contribution in [3.8, 4) is 0 Å². The molecule has 2 aliphatic heterocycles. The fourth-order valence-electron chi connectivity index (χ4n) is 3.55. The van der Waals surface area contributed by atoms with Crippen LogP contribution in [0.2, 0.25) is 0 Å². The monoisotopic (exact) mass is 358 g/mol. The molecular formula is C18H22N4O2S. The highest BCUT2D eigenvalue weighted by atomic mass is 32.2. The van der Waals surface area contributed by atoms with Gasteiger partial charge in [0.25, 0.3) is 5.91 Å². The van der Waals surface area contributed by atoms with Gasteiger partial charge in [0.15, 0.2) is 0 Å². The second kappa shape index (κ2) is 7.19. The molecule has 1 unspecified atom stereocenters. The Morgan fingerprint density at radius 1 is 1.28 bits per heavy atom. The van der Waals surface area contributed by atoms with Gasteiger partial charge in [0.1, 0.15) is 5.37 Å². The van der Waals surface area contributed by atoms with E-state index in [2.05, 4.69) is 20.5 Å². The van der Waals surface area contributed by atoms with E-state index in [1.807, 2.05) is 41.2 Å². The summed E-state index contributed by atoms with van der Waals surface area (Å²) in [4.78, 5) is 21.3. The fourth-order valence-corrected chi connectivity index (χ4v) is 4.86. The third kappa shape index (κ3) is 3.19. The van der Waals surface area contributed by atoms with E-state index in [-0.39, 0.29) is 17.9 Å². The van der Waals surface area contributed by atoms with E-state index in [9.17, 15) is 4.79 Å². The normalized spacial score (nSPS) is 20.7. The number of carbonyl (C=O) groups excluding carboxylic acids is 1. The number of hydrogen-bond acceptors (Lipinski definition) is 5. The number of thioether (sulfide) groups is 1. The summed E-state index contributed by atoms with van der Waals surface area (Å²) < 4.78 is 2.21. The Labute approximate surface area is 151 Å². The third-order valence-corrected chi connectivity index (χ3v) is 6.19. The molecule has 0 aromatic carbocycles. The van der Waals surface area contributed by atoms with Crippen molar-refractivity contribution in [2.75, 3.05) is 39.3 Å². The molecule has 1 N–H and O–H groups in total. The standard InChI is InChI=1S/C18H22N4O2S/c23-11-10-20-6-8-21(9-7-20)17(24)15-3-5-22-16(15)13-25-18(22)14-2-1-4-19-12-14/h1-5,12,18,23H,6-11,13H2. The van der Waals surface area contributed by atoms with E-state index in [1.54, 1.807) is 6.20 Å². The van der Waals surface area contributed by atoms with Gasteiger partial charge in [0, 0.05) is 68.3 Å². The molecule has 2 aliphatic rings. The Balaban J connectivity index is 1.49. The number of carbonyl (C=O) groups is 1. The molecule has 1 fully saturated rings. The number of aromatic nitrogens is 2. The van der Waals surface area contributed by atoms with Crippen molar-refractivity contribution in [2.24, 2.45) is 0 Å². The maximum atomic E-state index is 13.0. The second-order valence-electron chi connectivity index (χ2n) is 6.39. The minimum atomic E-state index is 0.129. The summed E-state index contributed by atoms with van der Waals surface area (Å²) in [6.45, 7) is 3.97. The third-order valence-electron chi connectivity index (χ3n) is 4.93. The van der Waals surface area contributed by atoms with E-state index in [0.29, 0.717) is 6.54 Å². The van der Waals surface area contributed by atoms with Gasteiger partial charge in [-0.2, -0.15) is 0 Å². The molecule has 4 rings (SSSR count). The molecule has 1 amide bonds. The molecule has 2 aromatic heterocycles. The van der Waals surface area contributed by atoms with Gasteiger partial charge in [0.05, 0.1) is 12.2 Å². The topological polar surface area (TPSA) is 61.6 Å². The lowest BCUT2D eigenvalue weighted by Crippen LogP contribution is -2.49. The molecule has 6 nitrogen and oxygen atoms in total. The van der Waals surface area contributed by atoms with E-state index < -0.39 is 0 Å². The zero-order valence-corrected chi connectivity index (χ0v) is 14.9. The number of aliphatic hydroxyl groups excluding tert-OH is 1. The Morgan fingerprint density at radius 2 is 2.12 bits per heavy atom. The van der Waals surface area contributed by atoms with E-state index in [0.717, 1.165) is 43.2 Å². The summed E-state index contributed by atoms with van der Waals surface area (Å²) >= 11 is 1.83. The van der Waals surface area contributed by atoms with Crippen molar-refractivity contribution in [3.63, 3.8) is 0 Å². The molecule has 0 saturated carbocycles. The lowest BCUT2D eigenvalue weighted by atomic mass is 10.2. The minimum Gasteiger partial charge on any atom is -0.395 e. The van der Waals surface area contributed by atoms with Crippen molar-refractivity contribution in [2.45, 2.75) is 11.1 Å². The van der Waals surface area contributed by atoms with E-state index in [4.69, 9.17) is 5.11 Å². The van der Waals surface area contributed by atoms with Crippen molar-refractivity contribution in [1.82, 2.24) is 19.4 Å². The molecule has 1 saturated heterocycles. The number of hydrogen-bond donors (Lipinski definition) is 1. The van der Waals surface area contributed by atoms with Crippen molar-refractivity contribution in [3.05, 3.63) is 53.6 Å². The summed E-state index contributed by atoms with van der Waals surface area (Å²) in [5.41, 5.74) is 3.11. The first-order chi connectivity index (χ1) is 12.3. The lowest BCUT2D eigenvalue weighted by Gasteiger charge is -2.34. The number of aliphatic hydroxyl groups is 1. The van der Waals surface area contributed by atoms with Crippen LogP contribution in [0.5, 0.6) is 0 Å². The Bertz CT molecular complexity index is 741. The van der Waals surface area contributed by atoms with Crippen LogP contribution in [0.1, 0.15) is 27.0 Å². The van der Waals surface area contributed by atoms with Crippen molar-refractivity contribution >= 4 is 17.7 Å². The average molecular weight is 358 g/mol. The number of β-amino-alcohol motifs (C(OH)–C–C–N with tert-alkyl or cyclic N) is 1. The molecule has 132 valence electrons. The van der Waals surface area contributed by atoms with Gasteiger partial charge >= 0.3 is 0 Å². The van der Waals surface area contributed by atoms with Crippen molar-refractivity contribution in [1.29, 1.82) is 0 Å². The molecule has 7 heteroatoms. The maximum absolute atomic E-state index is 13.0. The lowest BCUT2D eigenvalue weighted by molar-refractivity contribution is 0.0614. The van der Waals surface area contributed by atoms with Crippen LogP contribution in [0.25, 0.3) is 0 Å². The van der Waals surface area contributed by atoms with Gasteiger partial charge in [-0.1, -0.05) is 6.07 Å². The highest BCUT2D eigenvalue weighted by Gasteiger charge is 2.31. The van der Waals surface area contributed by atoms with Gasteiger partial charge in [-0.15, -0.1) is 11.8 Å². The predicted molar refractivity (Wildman–Crippen MR) is 97.5 cm³/mol. The molecular weight excluding hydrogens is 336 g/mol. The number of pyridine rings is 1. The van der Waals surface area contributed by atoms with Crippen LogP contribution >= 0.6 is 11.8 Å². The van der Waals surface area contributed by atoms with E-state index >= 15 is 0 Å². The summed E-state index contributed by atoms with van der Waals surface area (Å²) in [6.07, 6.45) is 5.71. The summed E-state index contributed by atoms with van der Waals surface area (Å²) in [6, 6.07) is 6.00. The summed E-state index contributed by atoms with van der Waals surface area (Å²) in [7, 11) is 0. The molecule has 4 heterocycles. The number of amides is 1. The second-order valence-corrected chi connectivity index (χ2v) is 7.46. The predicted octanol–water partition coefficient (Wildman–Crippen LogP) is 1.43. The summed E-state index contributed by atoms with van der Waals surface area (Å²) in [5, 5.41) is 9.24. The highest BCUT2D eigenvalue weighted by molar-refractivity contribution is 7.99. The molecule has 0 aliphatic carbocycles. The first-order valence-electron chi connectivity index (χ1n) is 8.61. The molecule has 0 bridgehead atoms.